The minimum atomic E-state index is -0.248. The Morgan fingerprint density at radius 1 is 1.22 bits per heavy atom. The van der Waals surface area contributed by atoms with Crippen LogP contribution in [0.5, 0.6) is 0 Å². The van der Waals surface area contributed by atoms with Crippen molar-refractivity contribution in [2.24, 2.45) is 0 Å². The van der Waals surface area contributed by atoms with Crippen molar-refractivity contribution in [3.8, 4) is 0 Å². The number of aryl methyl sites for hydroxylation is 1. The molecule has 0 radical (unpaired) electrons. The molecule has 1 fully saturated rings. The first-order valence-corrected chi connectivity index (χ1v) is 9.00. The lowest BCUT2D eigenvalue weighted by atomic mass is 10.1. The second-order valence-corrected chi connectivity index (χ2v) is 7.62. The normalized spacial score (nSPS) is 15.0. The minimum absolute atomic E-state index is 0.0124. The van der Waals surface area contributed by atoms with Crippen molar-refractivity contribution in [2.45, 2.75) is 39.8 Å². The molecule has 9 nitrogen and oxygen atoms in total. The van der Waals surface area contributed by atoms with E-state index in [0.29, 0.717) is 43.2 Å². The van der Waals surface area contributed by atoms with Crippen molar-refractivity contribution in [2.75, 3.05) is 31.6 Å². The maximum Gasteiger partial charge on any atom is 0.259 e. The number of ether oxygens (including phenoxy) is 1. The van der Waals surface area contributed by atoms with Crippen LogP contribution in [0.2, 0.25) is 0 Å². The molecule has 0 saturated carbocycles. The third kappa shape index (κ3) is 4.54. The monoisotopic (exact) mass is 374 g/mol. The van der Waals surface area contributed by atoms with Gasteiger partial charge in [-0.25, -0.2) is 0 Å². The fraction of sp³-hybridized carbons (Fsp3) is 0.556. The van der Waals surface area contributed by atoms with Gasteiger partial charge in [-0.15, -0.1) is 0 Å². The summed E-state index contributed by atoms with van der Waals surface area (Å²) in [5.41, 5.74) is 1.52. The molecule has 2 aromatic heterocycles. The summed E-state index contributed by atoms with van der Waals surface area (Å²) in [6.07, 6.45) is 4.94. The lowest BCUT2D eigenvalue weighted by molar-refractivity contribution is -0.136. The highest BCUT2D eigenvalue weighted by Gasteiger charge is 2.21. The first kappa shape index (κ1) is 19.1. The van der Waals surface area contributed by atoms with Crippen LogP contribution in [0.3, 0.4) is 0 Å². The van der Waals surface area contributed by atoms with Gasteiger partial charge < -0.3 is 15.0 Å². The molecule has 146 valence electrons. The van der Waals surface area contributed by atoms with Gasteiger partial charge in [-0.2, -0.15) is 10.2 Å². The third-order valence-corrected chi connectivity index (χ3v) is 4.38. The van der Waals surface area contributed by atoms with E-state index in [0.717, 1.165) is 0 Å². The molecule has 27 heavy (non-hydrogen) atoms. The van der Waals surface area contributed by atoms with E-state index in [2.05, 4.69) is 15.5 Å². The third-order valence-electron chi connectivity index (χ3n) is 4.38. The highest BCUT2D eigenvalue weighted by atomic mass is 16.5. The Balaban J connectivity index is 1.63. The topological polar surface area (TPSA) is 94.3 Å². The number of rotatable bonds is 4. The predicted octanol–water partition coefficient (Wildman–Crippen LogP) is 1.25. The first-order valence-electron chi connectivity index (χ1n) is 9.00. The summed E-state index contributed by atoms with van der Waals surface area (Å²) >= 11 is 0. The molecular weight excluding hydrogens is 348 g/mol. The Hall–Kier alpha value is -2.68. The number of amides is 2. The SMILES string of the molecule is Cc1nn(C(C)(C)C)cc1C(=O)Nc1cnn(CC(=O)N2CCOCC2)c1. The van der Waals surface area contributed by atoms with Gasteiger partial charge in [-0.1, -0.05) is 0 Å². The molecule has 1 saturated heterocycles. The summed E-state index contributed by atoms with van der Waals surface area (Å²) in [7, 11) is 0. The number of hydrogen-bond donors (Lipinski definition) is 1. The van der Waals surface area contributed by atoms with Crippen LogP contribution in [0.15, 0.2) is 18.6 Å². The molecule has 0 bridgehead atoms. The summed E-state index contributed by atoms with van der Waals surface area (Å²) in [5, 5.41) is 11.4. The van der Waals surface area contributed by atoms with Crippen molar-refractivity contribution in [1.82, 2.24) is 24.5 Å². The number of carbonyl (C=O) groups is 2. The van der Waals surface area contributed by atoms with E-state index in [4.69, 9.17) is 4.74 Å². The quantitative estimate of drug-likeness (QED) is 0.869. The van der Waals surface area contributed by atoms with Crippen LogP contribution in [-0.2, 0) is 21.6 Å². The lowest BCUT2D eigenvalue weighted by Gasteiger charge is -2.26. The maximum atomic E-state index is 12.6. The summed E-state index contributed by atoms with van der Waals surface area (Å²) in [4.78, 5) is 26.6. The largest absolute Gasteiger partial charge is 0.378 e. The Labute approximate surface area is 158 Å². The summed E-state index contributed by atoms with van der Waals surface area (Å²) in [6.45, 7) is 10.3. The zero-order valence-corrected chi connectivity index (χ0v) is 16.2. The molecule has 9 heteroatoms. The summed E-state index contributed by atoms with van der Waals surface area (Å²) < 4.78 is 8.56. The van der Waals surface area contributed by atoms with Crippen LogP contribution in [-0.4, -0.2) is 62.6 Å². The predicted molar refractivity (Wildman–Crippen MR) is 99.5 cm³/mol. The highest BCUT2D eigenvalue weighted by molar-refractivity contribution is 6.04. The average molecular weight is 374 g/mol. The van der Waals surface area contributed by atoms with Gasteiger partial charge in [0.2, 0.25) is 5.91 Å². The van der Waals surface area contributed by atoms with E-state index in [1.807, 2.05) is 27.7 Å². The molecule has 0 aliphatic carbocycles. The van der Waals surface area contributed by atoms with Gasteiger partial charge >= 0.3 is 0 Å². The standard InChI is InChI=1S/C18H26N6O3/c1-13-15(11-24(21-13)18(2,3)4)17(26)20-14-9-19-23(10-14)12-16(25)22-5-7-27-8-6-22/h9-11H,5-8,12H2,1-4H3,(H,20,26). The van der Waals surface area contributed by atoms with Gasteiger partial charge in [0, 0.05) is 25.5 Å². The fourth-order valence-corrected chi connectivity index (χ4v) is 2.79. The van der Waals surface area contributed by atoms with Gasteiger partial charge in [0.15, 0.2) is 0 Å². The molecule has 0 spiro atoms. The number of anilines is 1. The van der Waals surface area contributed by atoms with Gasteiger partial charge in [-0.05, 0) is 27.7 Å². The van der Waals surface area contributed by atoms with Crippen molar-refractivity contribution in [3.63, 3.8) is 0 Å². The van der Waals surface area contributed by atoms with Crippen molar-refractivity contribution in [3.05, 3.63) is 29.8 Å². The molecule has 2 aromatic rings. The second-order valence-electron chi connectivity index (χ2n) is 7.62. The molecule has 0 aromatic carbocycles. The van der Waals surface area contributed by atoms with Gasteiger partial charge in [0.1, 0.15) is 6.54 Å². The molecule has 3 heterocycles. The second kappa shape index (κ2) is 7.51. The molecule has 1 N–H and O–H groups in total. The minimum Gasteiger partial charge on any atom is -0.378 e. The van der Waals surface area contributed by atoms with Crippen LogP contribution < -0.4 is 5.32 Å². The van der Waals surface area contributed by atoms with E-state index in [9.17, 15) is 9.59 Å². The average Bonchev–Trinajstić information content (AvgIpc) is 3.21. The van der Waals surface area contributed by atoms with Crippen molar-refractivity contribution < 1.29 is 14.3 Å². The maximum absolute atomic E-state index is 12.6. The van der Waals surface area contributed by atoms with Crippen LogP contribution in [0.4, 0.5) is 5.69 Å². The zero-order valence-electron chi connectivity index (χ0n) is 16.2. The zero-order chi connectivity index (χ0) is 19.6. The fourth-order valence-electron chi connectivity index (χ4n) is 2.79. The van der Waals surface area contributed by atoms with Crippen molar-refractivity contribution in [1.29, 1.82) is 0 Å². The summed E-state index contributed by atoms with van der Waals surface area (Å²) in [5.74, 6) is -0.261. The number of nitrogens with one attached hydrogen (secondary N) is 1. The van der Waals surface area contributed by atoms with Crippen LogP contribution in [0.25, 0.3) is 0 Å². The molecule has 3 rings (SSSR count). The van der Waals surface area contributed by atoms with Gasteiger partial charge in [-0.3, -0.25) is 19.0 Å². The molecular formula is C18H26N6O3. The molecule has 1 aliphatic rings. The number of carbonyl (C=O) groups excluding carboxylic acids is 2. The highest BCUT2D eigenvalue weighted by Crippen LogP contribution is 2.17. The molecule has 0 atom stereocenters. The number of hydrogen-bond acceptors (Lipinski definition) is 5. The number of nitrogens with zero attached hydrogens (tertiary/aromatic N) is 5. The molecule has 2 amide bonds. The Bertz CT molecular complexity index is 827. The number of aromatic nitrogens is 4. The summed E-state index contributed by atoms with van der Waals surface area (Å²) in [6, 6.07) is 0. The van der Waals surface area contributed by atoms with Crippen molar-refractivity contribution >= 4 is 17.5 Å². The lowest BCUT2D eigenvalue weighted by Crippen LogP contribution is -2.42. The van der Waals surface area contributed by atoms with Crippen LogP contribution in [0.1, 0.15) is 36.8 Å². The Morgan fingerprint density at radius 3 is 2.56 bits per heavy atom. The molecule has 0 unspecified atom stereocenters. The van der Waals surface area contributed by atoms with Crippen LogP contribution >= 0.6 is 0 Å². The Kier molecular flexibility index (Phi) is 5.31. The Morgan fingerprint density at radius 2 is 1.93 bits per heavy atom. The van der Waals surface area contributed by atoms with Crippen LogP contribution in [0, 0.1) is 6.92 Å². The van der Waals surface area contributed by atoms with Gasteiger partial charge in [0.25, 0.3) is 5.91 Å². The van der Waals surface area contributed by atoms with E-state index >= 15 is 0 Å². The smallest absolute Gasteiger partial charge is 0.259 e. The van der Waals surface area contributed by atoms with E-state index < -0.39 is 0 Å². The number of morpholine rings is 1. The van der Waals surface area contributed by atoms with E-state index in [1.54, 1.807) is 22.0 Å². The van der Waals surface area contributed by atoms with Gasteiger partial charge in [0.05, 0.1) is 41.9 Å². The molecule has 1 aliphatic heterocycles. The van der Waals surface area contributed by atoms with E-state index in [-0.39, 0.29) is 23.9 Å². The first-order chi connectivity index (χ1) is 12.7. The van der Waals surface area contributed by atoms with E-state index in [1.165, 1.54) is 10.9 Å².